The van der Waals surface area contributed by atoms with Crippen molar-refractivity contribution in [1.29, 1.82) is 0 Å². The van der Waals surface area contributed by atoms with Crippen LogP contribution in [0.5, 0.6) is 5.75 Å². The third-order valence-corrected chi connectivity index (χ3v) is 8.03. The Morgan fingerprint density at radius 3 is 2.37 bits per heavy atom. The number of methoxy groups -OCH3 is 2. The van der Waals surface area contributed by atoms with Gasteiger partial charge in [-0.15, -0.1) is 0 Å². The molecule has 0 radical (unpaired) electrons. The number of fused-ring (bicyclic) bond motifs is 1. The molecule has 0 spiro atoms. The molecule has 8 nitrogen and oxygen atoms in total. The number of allylic oxidation sites excluding steroid dienone is 1. The number of esters is 1. The van der Waals surface area contributed by atoms with Crippen molar-refractivity contribution in [3.05, 3.63) is 88.1 Å². The molecule has 1 saturated heterocycles. The second kappa shape index (κ2) is 11.4. The van der Waals surface area contributed by atoms with Crippen LogP contribution in [0.15, 0.2) is 82.0 Å². The molecule has 1 unspecified atom stereocenters. The first-order chi connectivity index (χ1) is 18.5. The predicted molar refractivity (Wildman–Crippen MR) is 148 cm³/mol. The lowest BCUT2D eigenvalue weighted by molar-refractivity contribution is -0.136. The van der Waals surface area contributed by atoms with Crippen molar-refractivity contribution in [2.45, 2.75) is 25.9 Å². The van der Waals surface area contributed by atoms with E-state index in [0.717, 1.165) is 41.8 Å². The van der Waals surface area contributed by atoms with Gasteiger partial charge in [-0.2, -0.15) is 0 Å². The van der Waals surface area contributed by atoms with E-state index in [1.165, 1.54) is 24.4 Å². The zero-order chi connectivity index (χ0) is 26.6. The summed E-state index contributed by atoms with van der Waals surface area (Å²) in [6, 6.07) is 17.6. The highest BCUT2D eigenvalue weighted by atomic mass is 32.2. The molecule has 2 aromatic carbocycles. The standard InChI is InChI=1S/C29H32N4O4S/c1-20-26(28(35)37-3)27(22-9-11-24(36-2)12-10-22)33-23(19-38-29(33)30-20)17-25(34)32-15-13-31(14-16-32)18-21-7-5-4-6-8-21/h4-12,19,27H,13-18H2,1-3H3. The summed E-state index contributed by atoms with van der Waals surface area (Å²) < 4.78 is 10.5. The van der Waals surface area contributed by atoms with Gasteiger partial charge in [-0.3, -0.25) is 9.69 Å². The van der Waals surface area contributed by atoms with E-state index in [-0.39, 0.29) is 12.3 Å². The Morgan fingerprint density at radius 2 is 1.71 bits per heavy atom. The number of nitrogens with zero attached hydrogens (tertiary/aromatic N) is 4. The van der Waals surface area contributed by atoms with Gasteiger partial charge in [0.05, 0.1) is 38.0 Å². The number of rotatable bonds is 7. The Labute approximate surface area is 227 Å². The normalized spacial score (nSPS) is 19.6. The molecule has 1 amide bonds. The maximum absolute atomic E-state index is 13.4. The minimum atomic E-state index is -0.447. The number of amides is 1. The summed E-state index contributed by atoms with van der Waals surface area (Å²) >= 11 is 1.48. The van der Waals surface area contributed by atoms with Crippen molar-refractivity contribution in [1.82, 2.24) is 14.7 Å². The van der Waals surface area contributed by atoms with Gasteiger partial charge in [0.25, 0.3) is 0 Å². The number of hydrogen-bond acceptors (Lipinski definition) is 8. The van der Waals surface area contributed by atoms with Crippen LogP contribution in [-0.2, 0) is 20.9 Å². The first-order valence-corrected chi connectivity index (χ1v) is 13.6. The number of hydrogen-bond donors (Lipinski definition) is 0. The summed E-state index contributed by atoms with van der Waals surface area (Å²) in [4.78, 5) is 37.4. The van der Waals surface area contributed by atoms with E-state index in [2.05, 4.69) is 29.2 Å². The van der Waals surface area contributed by atoms with Crippen LogP contribution in [0.3, 0.4) is 0 Å². The number of carbonyl (C=O) groups is 2. The SMILES string of the molecule is COC(=O)C1=C(C)N=C2SC=C(CC(=O)N3CCN(Cc4ccccc4)CC3)N2C1c1ccc(OC)cc1. The fourth-order valence-electron chi connectivity index (χ4n) is 5.11. The molecule has 38 heavy (non-hydrogen) atoms. The molecule has 1 atom stereocenters. The zero-order valence-corrected chi connectivity index (χ0v) is 22.7. The average Bonchev–Trinajstić information content (AvgIpc) is 3.34. The molecule has 0 saturated carbocycles. The molecular weight excluding hydrogens is 500 g/mol. The van der Waals surface area contributed by atoms with Gasteiger partial charge in [0.2, 0.25) is 5.91 Å². The van der Waals surface area contributed by atoms with Crippen LogP contribution in [0.2, 0.25) is 0 Å². The number of carbonyl (C=O) groups excluding carboxylic acids is 2. The molecule has 5 rings (SSSR count). The van der Waals surface area contributed by atoms with Gasteiger partial charge in [0, 0.05) is 38.4 Å². The molecule has 0 aliphatic carbocycles. The molecule has 1 fully saturated rings. The van der Waals surface area contributed by atoms with Gasteiger partial charge < -0.3 is 19.3 Å². The maximum Gasteiger partial charge on any atom is 0.338 e. The molecule has 9 heteroatoms. The number of thioether (sulfide) groups is 1. The second-order valence-corrected chi connectivity index (χ2v) is 10.3. The lowest BCUT2D eigenvalue weighted by Crippen LogP contribution is -2.48. The summed E-state index contributed by atoms with van der Waals surface area (Å²) in [6.07, 6.45) is 0.241. The Bertz CT molecular complexity index is 1280. The summed E-state index contributed by atoms with van der Waals surface area (Å²) in [6.45, 7) is 5.79. The van der Waals surface area contributed by atoms with Crippen LogP contribution in [-0.4, -0.2) is 72.1 Å². The topological polar surface area (TPSA) is 74.7 Å². The van der Waals surface area contributed by atoms with Gasteiger partial charge in [-0.25, -0.2) is 9.79 Å². The van der Waals surface area contributed by atoms with Crippen molar-refractivity contribution >= 4 is 28.8 Å². The number of benzene rings is 2. The average molecular weight is 533 g/mol. The van der Waals surface area contributed by atoms with Gasteiger partial charge in [0.1, 0.15) is 5.75 Å². The summed E-state index contributed by atoms with van der Waals surface area (Å²) in [5.41, 5.74) is 4.10. The van der Waals surface area contributed by atoms with E-state index in [1.807, 2.05) is 52.5 Å². The molecule has 0 N–H and O–H groups in total. The van der Waals surface area contributed by atoms with Crippen molar-refractivity contribution in [3.63, 3.8) is 0 Å². The van der Waals surface area contributed by atoms with Crippen LogP contribution >= 0.6 is 11.8 Å². The van der Waals surface area contributed by atoms with E-state index in [9.17, 15) is 9.59 Å². The van der Waals surface area contributed by atoms with Gasteiger partial charge >= 0.3 is 5.97 Å². The van der Waals surface area contributed by atoms with E-state index in [4.69, 9.17) is 14.5 Å². The fourth-order valence-corrected chi connectivity index (χ4v) is 6.07. The Hall–Kier alpha value is -3.56. The van der Waals surface area contributed by atoms with Crippen LogP contribution in [0, 0.1) is 0 Å². The van der Waals surface area contributed by atoms with Crippen molar-refractivity contribution < 1.29 is 19.1 Å². The molecule has 3 heterocycles. The maximum atomic E-state index is 13.4. The lowest BCUT2D eigenvalue weighted by Gasteiger charge is -2.38. The Kier molecular flexibility index (Phi) is 7.85. The summed E-state index contributed by atoms with van der Waals surface area (Å²) in [5.74, 6) is 0.381. The number of amidine groups is 1. The molecule has 3 aliphatic heterocycles. The smallest absolute Gasteiger partial charge is 0.338 e. The van der Waals surface area contributed by atoms with Gasteiger partial charge in [-0.1, -0.05) is 54.2 Å². The number of piperazine rings is 1. The highest BCUT2D eigenvalue weighted by Gasteiger charge is 2.41. The van der Waals surface area contributed by atoms with Crippen LogP contribution in [0.4, 0.5) is 0 Å². The van der Waals surface area contributed by atoms with Crippen LogP contribution in [0.25, 0.3) is 0 Å². The third kappa shape index (κ3) is 5.35. The molecule has 0 bridgehead atoms. The molecule has 2 aromatic rings. The predicted octanol–water partition coefficient (Wildman–Crippen LogP) is 4.18. The van der Waals surface area contributed by atoms with Crippen molar-refractivity contribution in [2.75, 3.05) is 40.4 Å². The zero-order valence-electron chi connectivity index (χ0n) is 21.9. The van der Waals surface area contributed by atoms with E-state index >= 15 is 0 Å². The van der Waals surface area contributed by atoms with Crippen LogP contribution < -0.4 is 4.74 Å². The van der Waals surface area contributed by atoms with Crippen molar-refractivity contribution in [2.24, 2.45) is 4.99 Å². The number of aliphatic imine (C=N–C) groups is 1. The first-order valence-electron chi connectivity index (χ1n) is 12.7. The molecular formula is C29H32N4O4S. The van der Waals surface area contributed by atoms with E-state index < -0.39 is 12.0 Å². The number of ether oxygens (including phenoxy) is 2. The monoisotopic (exact) mass is 532 g/mol. The minimum absolute atomic E-state index is 0.0804. The second-order valence-electron chi connectivity index (χ2n) is 9.48. The quantitative estimate of drug-likeness (QED) is 0.496. The van der Waals surface area contributed by atoms with Crippen molar-refractivity contribution in [3.8, 4) is 5.75 Å². The van der Waals surface area contributed by atoms with E-state index in [0.29, 0.717) is 24.4 Å². The van der Waals surface area contributed by atoms with E-state index in [1.54, 1.807) is 7.11 Å². The molecule has 0 aromatic heterocycles. The Balaban J connectivity index is 1.31. The highest BCUT2D eigenvalue weighted by Crippen LogP contribution is 2.45. The highest BCUT2D eigenvalue weighted by molar-refractivity contribution is 8.16. The lowest BCUT2D eigenvalue weighted by atomic mass is 9.93. The van der Waals surface area contributed by atoms with Gasteiger partial charge in [0.15, 0.2) is 5.17 Å². The fraction of sp³-hybridized carbons (Fsp3) is 0.345. The largest absolute Gasteiger partial charge is 0.497 e. The Morgan fingerprint density at radius 1 is 1.00 bits per heavy atom. The first kappa shape index (κ1) is 26.1. The summed E-state index contributed by atoms with van der Waals surface area (Å²) in [7, 11) is 3.00. The van der Waals surface area contributed by atoms with Gasteiger partial charge in [-0.05, 0) is 35.6 Å². The summed E-state index contributed by atoms with van der Waals surface area (Å²) in [5, 5.41) is 2.73. The minimum Gasteiger partial charge on any atom is -0.497 e. The molecule has 3 aliphatic rings. The van der Waals surface area contributed by atoms with Crippen LogP contribution in [0.1, 0.15) is 30.5 Å². The third-order valence-electron chi connectivity index (χ3n) is 7.14. The molecule has 198 valence electrons.